The second-order valence-corrected chi connectivity index (χ2v) is 11.5. The zero-order chi connectivity index (χ0) is 20.2. The van der Waals surface area contributed by atoms with Crippen molar-refractivity contribution in [1.29, 1.82) is 0 Å². The number of hydrogen-bond donors (Lipinski definition) is 0. The Labute approximate surface area is 178 Å². The molecule has 0 radical (unpaired) electrons. The fourth-order valence-corrected chi connectivity index (χ4v) is 12.1. The Balaban J connectivity index is 1.39. The number of hydrogen-bond acceptors (Lipinski definition) is 6. The van der Waals surface area contributed by atoms with Crippen LogP contribution in [0.4, 0.5) is 0 Å². The van der Waals surface area contributed by atoms with Crippen LogP contribution in [-0.4, -0.2) is 64.4 Å². The third kappa shape index (κ3) is 1.48. The lowest BCUT2D eigenvalue weighted by atomic mass is 9.71. The number of fused-ring (bicyclic) bond motifs is 4. The third-order valence-corrected chi connectivity index (χ3v) is 11.7. The molecule has 0 N–H and O–H groups in total. The lowest BCUT2D eigenvalue weighted by molar-refractivity contribution is -0.270. The highest BCUT2D eigenvalue weighted by Gasteiger charge is 2.92. The zero-order valence-electron chi connectivity index (χ0n) is 18.4. The predicted molar refractivity (Wildman–Crippen MR) is 104 cm³/mol. The first-order chi connectivity index (χ1) is 14.7. The van der Waals surface area contributed by atoms with Crippen molar-refractivity contribution in [3.8, 4) is 0 Å². The summed E-state index contributed by atoms with van der Waals surface area (Å²) in [6.45, 7) is 0. The van der Waals surface area contributed by atoms with E-state index in [1.54, 1.807) is 0 Å². The molecule has 0 unspecified atom stereocenters. The van der Waals surface area contributed by atoms with E-state index in [1.165, 1.54) is 12.8 Å². The van der Waals surface area contributed by atoms with Gasteiger partial charge in [0, 0.05) is 40.3 Å². The van der Waals surface area contributed by atoms with Gasteiger partial charge in [-0.15, -0.1) is 0 Å². The van der Waals surface area contributed by atoms with Gasteiger partial charge >= 0.3 is 0 Å². The van der Waals surface area contributed by atoms with Crippen molar-refractivity contribution in [3.05, 3.63) is 0 Å². The van der Waals surface area contributed by atoms with Crippen molar-refractivity contribution in [3.63, 3.8) is 0 Å². The first-order valence-electron chi connectivity index (χ1n) is 12.2. The van der Waals surface area contributed by atoms with Crippen molar-refractivity contribution < 1.29 is 28.4 Å². The van der Waals surface area contributed by atoms with Crippen LogP contribution in [-0.2, 0) is 28.4 Å². The Morgan fingerprint density at radius 2 is 0.967 bits per heavy atom. The van der Waals surface area contributed by atoms with Gasteiger partial charge in [-0.25, -0.2) is 0 Å². The molecule has 6 nitrogen and oxygen atoms in total. The molecule has 0 aromatic rings. The van der Waals surface area contributed by atoms with E-state index in [2.05, 4.69) is 0 Å². The summed E-state index contributed by atoms with van der Waals surface area (Å²) in [6.07, 6.45) is 5.01. The van der Waals surface area contributed by atoms with Gasteiger partial charge in [0.1, 0.15) is 11.2 Å². The Kier molecular flexibility index (Phi) is 3.31. The number of rotatable bonds is 6. The largest absolute Gasteiger partial charge is 0.366 e. The summed E-state index contributed by atoms with van der Waals surface area (Å²) in [5.41, 5.74) is -0.541. The van der Waals surface area contributed by atoms with Crippen molar-refractivity contribution in [1.82, 2.24) is 0 Å². The van der Waals surface area contributed by atoms with E-state index in [0.29, 0.717) is 71.4 Å². The minimum Gasteiger partial charge on any atom is -0.366 e. The van der Waals surface area contributed by atoms with E-state index in [0.717, 1.165) is 12.8 Å². The maximum atomic E-state index is 7.18. The van der Waals surface area contributed by atoms with Crippen molar-refractivity contribution in [2.24, 2.45) is 59.2 Å². The van der Waals surface area contributed by atoms with Crippen molar-refractivity contribution in [2.45, 2.75) is 61.7 Å². The molecule has 14 atom stereocenters. The molecular formula is C24H34O6. The lowest BCUT2D eigenvalue weighted by Gasteiger charge is -2.44. The zero-order valence-corrected chi connectivity index (χ0v) is 18.4. The maximum Gasteiger partial charge on any atom is 0.186 e. The fourth-order valence-electron chi connectivity index (χ4n) is 12.1. The smallest absolute Gasteiger partial charge is 0.186 e. The second-order valence-electron chi connectivity index (χ2n) is 11.5. The van der Waals surface area contributed by atoms with Gasteiger partial charge < -0.3 is 28.4 Å². The molecule has 0 amide bonds. The van der Waals surface area contributed by atoms with E-state index in [1.807, 2.05) is 28.4 Å². The third-order valence-electron chi connectivity index (χ3n) is 11.7. The van der Waals surface area contributed by atoms with Crippen molar-refractivity contribution in [2.75, 3.05) is 28.4 Å². The van der Waals surface area contributed by atoms with Crippen LogP contribution in [0.25, 0.3) is 0 Å². The van der Waals surface area contributed by atoms with E-state index in [4.69, 9.17) is 28.4 Å². The summed E-state index contributed by atoms with van der Waals surface area (Å²) in [6, 6.07) is 0. The van der Waals surface area contributed by atoms with Gasteiger partial charge in [0.2, 0.25) is 0 Å². The summed E-state index contributed by atoms with van der Waals surface area (Å²) < 4.78 is 38.6. The Morgan fingerprint density at radius 1 is 0.567 bits per heavy atom. The second kappa shape index (κ2) is 5.45. The van der Waals surface area contributed by atoms with Gasteiger partial charge in [0.15, 0.2) is 12.6 Å². The van der Waals surface area contributed by atoms with E-state index >= 15 is 0 Å². The summed E-state index contributed by atoms with van der Waals surface area (Å²) >= 11 is 0. The monoisotopic (exact) mass is 418 g/mol. The highest BCUT2D eigenvalue weighted by atomic mass is 16.7. The Bertz CT molecular complexity index is 718. The maximum absolute atomic E-state index is 7.18. The first kappa shape index (κ1) is 18.2. The van der Waals surface area contributed by atoms with Gasteiger partial charge in [-0.1, -0.05) is 0 Å². The number of methoxy groups -OCH3 is 4. The predicted octanol–water partition coefficient (Wildman–Crippen LogP) is 2.30. The molecule has 2 aliphatic heterocycles. The molecular weight excluding hydrogens is 384 g/mol. The van der Waals surface area contributed by atoms with Gasteiger partial charge in [0.05, 0.1) is 12.2 Å². The molecule has 2 saturated heterocycles. The summed E-state index contributed by atoms with van der Waals surface area (Å²) in [5.74, 6) is 5.90. The molecule has 0 spiro atoms. The molecule has 8 rings (SSSR count). The Morgan fingerprint density at radius 3 is 1.33 bits per heavy atom. The van der Waals surface area contributed by atoms with Crippen LogP contribution >= 0.6 is 0 Å². The van der Waals surface area contributed by atoms with Gasteiger partial charge in [-0.3, -0.25) is 0 Å². The van der Waals surface area contributed by atoms with Crippen LogP contribution in [0, 0.1) is 59.2 Å². The van der Waals surface area contributed by atoms with Gasteiger partial charge in [0.25, 0.3) is 0 Å². The molecule has 0 aromatic heterocycles. The molecule has 6 aliphatic carbocycles. The standard InChI is InChI=1S/C24H34O6/c1-25-21(26-2)23-17-9-5-8-12-14(9)20-15(17)16-18(24(20,30-12)22(27-3)28-4)10-6-7-11(29-23)13(10)19(16)23/h9-22H,5-8H2,1-4H3/t9-,10-,11-,12+,13+,14+,15-,16-,17+,18+,19-,20+,23-,24-/m1/s1. The molecule has 30 heavy (non-hydrogen) atoms. The van der Waals surface area contributed by atoms with Crippen LogP contribution in [0.1, 0.15) is 25.7 Å². The van der Waals surface area contributed by atoms with E-state index < -0.39 is 0 Å². The normalized spacial score (nSPS) is 64.6. The topological polar surface area (TPSA) is 55.4 Å². The molecule has 2 heterocycles. The SMILES string of the molecule is COC(OC)[C@]12O[C@@H]3CC[C@@H]4[C@@H]3[C@@H]1[C@@H]1[C@H]3[C@@H]5[C@H]6[C@@H](CC[C@@H]6O[C@]5(C(OC)OC)[C@@H]41)[C@@H]32. The van der Waals surface area contributed by atoms with Crippen LogP contribution in [0.3, 0.4) is 0 Å². The van der Waals surface area contributed by atoms with Crippen LogP contribution in [0.2, 0.25) is 0 Å². The molecule has 8 fully saturated rings. The van der Waals surface area contributed by atoms with Crippen molar-refractivity contribution >= 4 is 0 Å². The van der Waals surface area contributed by atoms with Crippen LogP contribution in [0.15, 0.2) is 0 Å². The molecule has 0 aromatic carbocycles. The first-order valence-corrected chi connectivity index (χ1v) is 12.2. The minimum absolute atomic E-state index is 0.267. The summed E-state index contributed by atoms with van der Waals surface area (Å²) in [4.78, 5) is 0. The van der Waals surface area contributed by atoms with Gasteiger partial charge in [-0.2, -0.15) is 0 Å². The van der Waals surface area contributed by atoms with E-state index in [-0.39, 0.29) is 23.8 Å². The average Bonchev–Trinajstić information content (AvgIpc) is 3.52. The fraction of sp³-hybridized carbons (Fsp3) is 1.00. The summed E-state index contributed by atoms with van der Waals surface area (Å²) in [7, 11) is 7.24. The highest BCUT2D eigenvalue weighted by molar-refractivity contribution is 5.37. The molecule has 8 aliphatic rings. The number of ether oxygens (including phenoxy) is 6. The molecule has 166 valence electrons. The minimum atomic E-state index is -0.271. The van der Waals surface area contributed by atoms with Crippen LogP contribution in [0.5, 0.6) is 0 Å². The quantitative estimate of drug-likeness (QED) is 0.617. The van der Waals surface area contributed by atoms with Crippen LogP contribution < -0.4 is 0 Å². The molecule has 0 bridgehead atoms. The Hall–Kier alpha value is -0.240. The molecule has 6 heteroatoms. The van der Waals surface area contributed by atoms with E-state index in [9.17, 15) is 0 Å². The highest BCUT2D eigenvalue weighted by Crippen LogP contribution is 2.87. The average molecular weight is 419 g/mol. The summed E-state index contributed by atoms with van der Waals surface area (Å²) in [5, 5.41) is 0. The molecule has 6 saturated carbocycles. The van der Waals surface area contributed by atoms with Gasteiger partial charge in [-0.05, 0) is 73.0 Å². The lowest BCUT2D eigenvalue weighted by Crippen LogP contribution is -2.56.